The van der Waals surface area contributed by atoms with Crippen LogP contribution in [0.2, 0.25) is 0 Å². The molecule has 0 bridgehead atoms. The Morgan fingerprint density at radius 2 is 2.00 bits per heavy atom. The van der Waals surface area contributed by atoms with Crippen molar-refractivity contribution in [3.63, 3.8) is 0 Å². The molecule has 0 aromatic heterocycles. The van der Waals surface area contributed by atoms with Gasteiger partial charge in [0, 0.05) is 31.1 Å². The molecule has 0 spiro atoms. The maximum Gasteiger partial charge on any atom is 0.126 e. The second kappa shape index (κ2) is 5.76. The third-order valence-electron chi connectivity index (χ3n) is 2.84. The highest BCUT2D eigenvalue weighted by Gasteiger charge is 2.22. The van der Waals surface area contributed by atoms with E-state index in [1.807, 2.05) is 0 Å². The van der Waals surface area contributed by atoms with Crippen LogP contribution in [0.4, 0.5) is 8.78 Å². The molecule has 2 rings (SSSR count). The monoisotopic (exact) mass is 261 g/mol. The molecule has 1 unspecified atom stereocenters. The standard InChI is InChI=1S/C12H14ClF2NO/c13-6-12-8-17-2-1-16(12)7-9-3-10(14)5-11(15)4-9/h3-5,12H,1-2,6-8H2. The normalized spacial score (nSPS) is 21.7. The zero-order valence-electron chi connectivity index (χ0n) is 9.33. The molecular formula is C12H14ClF2NO. The summed E-state index contributed by atoms with van der Waals surface area (Å²) in [5.41, 5.74) is 0.625. The summed E-state index contributed by atoms with van der Waals surface area (Å²) in [6, 6.07) is 3.69. The molecule has 0 radical (unpaired) electrons. The maximum absolute atomic E-state index is 13.1. The van der Waals surface area contributed by atoms with E-state index in [4.69, 9.17) is 16.3 Å². The van der Waals surface area contributed by atoms with Crippen molar-refractivity contribution in [2.24, 2.45) is 0 Å². The van der Waals surface area contributed by atoms with Crippen molar-refractivity contribution in [1.82, 2.24) is 4.90 Å². The molecule has 1 aromatic carbocycles. The minimum Gasteiger partial charge on any atom is -0.378 e. The molecule has 17 heavy (non-hydrogen) atoms. The summed E-state index contributed by atoms with van der Waals surface area (Å²) < 4.78 is 31.4. The largest absolute Gasteiger partial charge is 0.378 e. The van der Waals surface area contributed by atoms with Crippen LogP contribution in [0.25, 0.3) is 0 Å². The minimum atomic E-state index is -0.546. The molecule has 5 heteroatoms. The molecule has 0 saturated carbocycles. The minimum absolute atomic E-state index is 0.108. The Bertz CT molecular complexity index is 369. The van der Waals surface area contributed by atoms with Crippen LogP contribution >= 0.6 is 11.6 Å². The average Bonchev–Trinajstić information content (AvgIpc) is 2.28. The van der Waals surface area contributed by atoms with E-state index in [-0.39, 0.29) is 6.04 Å². The van der Waals surface area contributed by atoms with Crippen LogP contribution in [-0.2, 0) is 11.3 Å². The maximum atomic E-state index is 13.1. The predicted molar refractivity (Wildman–Crippen MR) is 62.1 cm³/mol. The Labute approximate surface area is 104 Å². The smallest absolute Gasteiger partial charge is 0.126 e. The van der Waals surface area contributed by atoms with Gasteiger partial charge in [0.05, 0.1) is 13.2 Å². The first kappa shape index (κ1) is 12.7. The molecule has 1 aliphatic heterocycles. The van der Waals surface area contributed by atoms with Crippen molar-refractivity contribution in [2.45, 2.75) is 12.6 Å². The molecule has 0 aliphatic carbocycles. The van der Waals surface area contributed by atoms with Gasteiger partial charge in [-0.25, -0.2) is 8.78 Å². The fourth-order valence-corrected chi connectivity index (χ4v) is 2.26. The van der Waals surface area contributed by atoms with Gasteiger partial charge in [-0.1, -0.05) is 0 Å². The number of nitrogens with zero attached hydrogens (tertiary/aromatic N) is 1. The van der Waals surface area contributed by atoms with Gasteiger partial charge in [-0.15, -0.1) is 11.6 Å². The number of hydrogen-bond donors (Lipinski definition) is 0. The number of alkyl halides is 1. The number of halogens is 3. The molecular weight excluding hydrogens is 248 g/mol. The lowest BCUT2D eigenvalue weighted by molar-refractivity contribution is -0.00310. The third-order valence-corrected chi connectivity index (χ3v) is 3.19. The first-order valence-electron chi connectivity index (χ1n) is 5.52. The highest BCUT2D eigenvalue weighted by atomic mass is 35.5. The van der Waals surface area contributed by atoms with Crippen LogP contribution in [0.15, 0.2) is 18.2 Å². The molecule has 0 N–H and O–H groups in total. The molecule has 1 aliphatic rings. The second-order valence-electron chi connectivity index (χ2n) is 4.13. The van der Waals surface area contributed by atoms with Crippen LogP contribution in [0.1, 0.15) is 5.56 Å². The van der Waals surface area contributed by atoms with E-state index in [0.717, 1.165) is 12.6 Å². The van der Waals surface area contributed by atoms with Crippen molar-refractivity contribution in [3.05, 3.63) is 35.4 Å². The van der Waals surface area contributed by atoms with E-state index in [1.54, 1.807) is 0 Å². The van der Waals surface area contributed by atoms with Crippen LogP contribution in [0.5, 0.6) is 0 Å². The molecule has 1 saturated heterocycles. The first-order chi connectivity index (χ1) is 8.19. The summed E-state index contributed by atoms with van der Waals surface area (Å²) in [7, 11) is 0. The molecule has 1 fully saturated rings. The van der Waals surface area contributed by atoms with Crippen molar-refractivity contribution >= 4 is 11.6 Å². The Balaban J connectivity index is 2.08. The first-order valence-corrected chi connectivity index (χ1v) is 6.05. The van der Waals surface area contributed by atoms with Gasteiger partial charge >= 0.3 is 0 Å². The van der Waals surface area contributed by atoms with Crippen LogP contribution < -0.4 is 0 Å². The van der Waals surface area contributed by atoms with Crippen molar-refractivity contribution in [1.29, 1.82) is 0 Å². The van der Waals surface area contributed by atoms with E-state index < -0.39 is 11.6 Å². The number of morpholine rings is 1. The Hall–Kier alpha value is -0.710. The summed E-state index contributed by atoms with van der Waals surface area (Å²) in [4.78, 5) is 2.09. The highest BCUT2D eigenvalue weighted by molar-refractivity contribution is 6.18. The van der Waals surface area contributed by atoms with E-state index in [2.05, 4.69) is 4.90 Å². The van der Waals surface area contributed by atoms with Crippen LogP contribution in [0.3, 0.4) is 0 Å². The van der Waals surface area contributed by atoms with Gasteiger partial charge in [-0.05, 0) is 17.7 Å². The summed E-state index contributed by atoms with van der Waals surface area (Å²) in [6.07, 6.45) is 0. The van der Waals surface area contributed by atoms with Gasteiger partial charge in [-0.2, -0.15) is 0 Å². The lowest BCUT2D eigenvalue weighted by Gasteiger charge is -2.34. The lowest BCUT2D eigenvalue weighted by Crippen LogP contribution is -2.45. The second-order valence-corrected chi connectivity index (χ2v) is 4.44. The van der Waals surface area contributed by atoms with E-state index in [0.29, 0.717) is 31.2 Å². The number of hydrogen-bond acceptors (Lipinski definition) is 2. The third kappa shape index (κ3) is 3.37. The van der Waals surface area contributed by atoms with Crippen molar-refractivity contribution in [2.75, 3.05) is 25.6 Å². The lowest BCUT2D eigenvalue weighted by atomic mass is 10.1. The molecule has 1 aromatic rings. The summed E-state index contributed by atoms with van der Waals surface area (Å²) in [6.45, 7) is 2.43. The zero-order chi connectivity index (χ0) is 12.3. The van der Waals surface area contributed by atoms with E-state index >= 15 is 0 Å². The summed E-state index contributed by atoms with van der Waals surface area (Å²) in [5, 5.41) is 0. The number of rotatable bonds is 3. The summed E-state index contributed by atoms with van der Waals surface area (Å²) >= 11 is 5.83. The number of benzene rings is 1. The molecule has 1 atom stereocenters. The Morgan fingerprint density at radius 1 is 1.29 bits per heavy atom. The van der Waals surface area contributed by atoms with Gasteiger partial charge < -0.3 is 4.74 Å². The van der Waals surface area contributed by atoms with Crippen LogP contribution in [0, 0.1) is 11.6 Å². The average molecular weight is 262 g/mol. The van der Waals surface area contributed by atoms with Gasteiger partial charge in [0.1, 0.15) is 11.6 Å². The van der Waals surface area contributed by atoms with Crippen molar-refractivity contribution < 1.29 is 13.5 Å². The quantitative estimate of drug-likeness (QED) is 0.775. The highest BCUT2D eigenvalue weighted by Crippen LogP contribution is 2.15. The molecule has 2 nitrogen and oxygen atoms in total. The molecule has 0 amide bonds. The van der Waals surface area contributed by atoms with E-state index in [1.165, 1.54) is 12.1 Å². The Kier molecular flexibility index (Phi) is 4.31. The Morgan fingerprint density at radius 3 is 2.65 bits per heavy atom. The van der Waals surface area contributed by atoms with Gasteiger partial charge in [0.2, 0.25) is 0 Å². The summed E-state index contributed by atoms with van der Waals surface area (Å²) in [5.74, 6) is -0.635. The molecule has 94 valence electrons. The fourth-order valence-electron chi connectivity index (χ4n) is 1.98. The SMILES string of the molecule is Fc1cc(F)cc(CN2CCOCC2CCl)c1. The molecule has 1 heterocycles. The van der Waals surface area contributed by atoms with Crippen molar-refractivity contribution in [3.8, 4) is 0 Å². The fraction of sp³-hybridized carbons (Fsp3) is 0.500. The van der Waals surface area contributed by atoms with Gasteiger partial charge in [0.25, 0.3) is 0 Å². The number of ether oxygens (including phenoxy) is 1. The van der Waals surface area contributed by atoms with Gasteiger partial charge in [-0.3, -0.25) is 4.90 Å². The topological polar surface area (TPSA) is 12.5 Å². The predicted octanol–water partition coefficient (Wildman–Crippen LogP) is 2.40. The van der Waals surface area contributed by atoms with E-state index in [9.17, 15) is 8.78 Å². The van der Waals surface area contributed by atoms with Gasteiger partial charge in [0.15, 0.2) is 0 Å². The zero-order valence-corrected chi connectivity index (χ0v) is 10.1. The van der Waals surface area contributed by atoms with Crippen LogP contribution in [-0.4, -0.2) is 36.6 Å².